The smallest absolute Gasteiger partial charge is 0.230 e. The summed E-state index contributed by atoms with van der Waals surface area (Å²) in [4.78, 5) is 16.9. The van der Waals surface area contributed by atoms with Crippen molar-refractivity contribution in [3.63, 3.8) is 0 Å². The fourth-order valence-corrected chi connectivity index (χ4v) is 4.88. The number of hydrogen-bond acceptors (Lipinski definition) is 7. The van der Waals surface area contributed by atoms with Crippen LogP contribution in [0.5, 0.6) is 5.75 Å². The van der Waals surface area contributed by atoms with E-state index in [9.17, 15) is 4.79 Å². The first-order valence-corrected chi connectivity index (χ1v) is 11.7. The van der Waals surface area contributed by atoms with Crippen molar-refractivity contribution in [2.24, 2.45) is 0 Å². The summed E-state index contributed by atoms with van der Waals surface area (Å²) in [6.07, 6.45) is 0.809. The summed E-state index contributed by atoms with van der Waals surface area (Å²) in [7, 11) is 1.64. The van der Waals surface area contributed by atoms with Gasteiger partial charge in [-0.2, -0.15) is 0 Å². The second-order valence-corrected chi connectivity index (χ2v) is 9.03. The van der Waals surface area contributed by atoms with Crippen molar-refractivity contribution in [2.45, 2.75) is 18.4 Å². The first kappa shape index (κ1) is 21.3. The van der Waals surface area contributed by atoms with Gasteiger partial charge in [0.25, 0.3) is 0 Å². The number of aromatic nitrogens is 3. The summed E-state index contributed by atoms with van der Waals surface area (Å²) in [6, 6.07) is 17.8. The Labute approximate surface area is 189 Å². The quantitative estimate of drug-likeness (QED) is 0.398. The zero-order chi connectivity index (χ0) is 21.6. The lowest BCUT2D eigenvalue weighted by molar-refractivity contribution is -0.118. The van der Waals surface area contributed by atoms with Gasteiger partial charge in [-0.3, -0.25) is 4.79 Å². The van der Waals surface area contributed by atoms with Gasteiger partial charge in [0.15, 0.2) is 0 Å². The summed E-state index contributed by atoms with van der Waals surface area (Å²) in [6.45, 7) is 2.57. The molecule has 2 heterocycles. The van der Waals surface area contributed by atoms with Gasteiger partial charge in [-0.05, 0) is 43.2 Å². The molecule has 1 amide bonds. The Balaban J connectivity index is 1.44. The minimum absolute atomic E-state index is 0.0259. The minimum Gasteiger partial charge on any atom is -0.497 e. The van der Waals surface area contributed by atoms with Crippen LogP contribution in [0.1, 0.15) is 10.6 Å². The molecule has 0 saturated heterocycles. The van der Waals surface area contributed by atoms with E-state index in [1.54, 1.807) is 18.4 Å². The molecular formula is C23H22N4O2S2. The SMILES string of the molecule is COc1ccc(-c2nnc(SCC(=O)NCCc3ccccc3)c3nc(C)sc23)cc1. The van der Waals surface area contributed by atoms with Crippen LogP contribution in [0.4, 0.5) is 0 Å². The molecule has 0 unspecified atom stereocenters. The third-order valence-corrected chi connectivity index (χ3v) is 6.61. The largest absolute Gasteiger partial charge is 0.497 e. The summed E-state index contributed by atoms with van der Waals surface area (Å²) in [5, 5.41) is 13.4. The van der Waals surface area contributed by atoms with Gasteiger partial charge in [0.2, 0.25) is 5.91 Å². The second kappa shape index (κ2) is 9.89. The average molecular weight is 451 g/mol. The lowest BCUT2D eigenvalue weighted by atomic mass is 10.1. The number of ether oxygens (including phenoxy) is 1. The molecule has 0 bridgehead atoms. The predicted octanol–water partition coefficient (Wildman–Crippen LogP) is 4.52. The van der Waals surface area contributed by atoms with E-state index in [0.29, 0.717) is 11.6 Å². The van der Waals surface area contributed by atoms with Crippen LogP contribution in [0.15, 0.2) is 59.6 Å². The van der Waals surface area contributed by atoms with Crippen molar-refractivity contribution >= 4 is 39.2 Å². The number of benzene rings is 2. The molecule has 2 aromatic carbocycles. The van der Waals surface area contributed by atoms with Gasteiger partial charge >= 0.3 is 0 Å². The molecule has 6 nitrogen and oxygen atoms in total. The first-order valence-electron chi connectivity index (χ1n) is 9.85. The maximum Gasteiger partial charge on any atom is 0.230 e. The number of thiazole rings is 1. The van der Waals surface area contributed by atoms with Crippen molar-refractivity contribution in [3.8, 4) is 17.0 Å². The third kappa shape index (κ3) is 5.21. The number of fused-ring (bicyclic) bond motifs is 1. The molecule has 0 fully saturated rings. The van der Waals surface area contributed by atoms with Gasteiger partial charge in [0, 0.05) is 12.1 Å². The van der Waals surface area contributed by atoms with Gasteiger partial charge in [-0.1, -0.05) is 42.1 Å². The summed E-state index contributed by atoms with van der Waals surface area (Å²) < 4.78 is 6.21. The Hall–Kier alpha value is -2.97. The molecule has 0 aliphatic carbocycles. The van der Waals surface area contributed by atoms with Crippen LogP contribution >= 0.6 is 23.1 Å². The molecule has 2 aromatic heterocycles. The molecule has 31 heavy (non-hydrogen) atoms. The number of rotatable bonds is 8. The number of nitrogens with zero attached hydrogens (tertiary/aromatic N) is 3. The minimum atomic E-state index is -0.0259. The molecule has 4 aromatic rings. The lowest BCUT2D eigenvalue weighted by Gasteiger charge is -2.07. The topological polar surface area (TPSA) is 77.0 Å². The Kier molecular flexibility index (Phi) is 6.79. The van der Waals surface area contributed by atoms with E-state index >= 15 is 0 Å². The molecule has 0 atom stereocenters. The number of carbonyl (C=O) groups excluding carboxylic acids is 1. The number of aryl methyl sites for hydroxylation is 1. The van der Waals surface area contributed by atoms with E-state index in [0.717, 1.165) is 38.7 Å². The summed E-state index contributed by atoms with van der Waals surface area (Å²) >= 11 is 2.95. The molecule has 158 valence electrons. The second-order valence-electron chi connectivity index (χ2n) is 6.87. The Bertz CT molecular complexity index is 1180. The number of thioether (sulfide) groups is 1. The molecule has 0 radical (unpaired) electrons. The molecule has 0 aliphatic heterocycles. The zero-order valence-electron chi connectivity index (χ0n) is 17.3. The fourth-order valence-electron chi connectivity index (χ4n) is 3.13. The fraction of sp³-hybridized carbons (Fsp3) is 0.217. The molecule has 0 aliphatic rings. The molecular weight excluding hydrogens is 428 g/mol. The highest BCUT2D eigenvalue weighted by Gasteiger charge is 2.17. The summed E-state index contributed by atoms with van der Waals surface area (Å²) in [5.41, 5.74) is 3.75. The van der Waals surface area contributed by atoms with E-state index in [2.05, 4.69) is 32.6 Å². The molecule has 0 saturated carbocycles. The number of hydrogen-bond donors (Lipinski definition) is 1. The molecule has 4 rings (SSSR count). The van der Waals surface area contributed by atoms with Crippen LogP contribution in [0, 0.1) is 6.92 Å². The first-order chi connectivity index (χ1) is 15.1. The van der Waals surface area contributed by atoms with Crippen LogP contribution in [-0.4, -0.2) is 40.5 Å². The molecule has 1 N–H and O–H groups in total. The number of amides is 1. The van der Waals surface area contributed by atoms with E-state index in [-0.39, 0.29) is 11.7 Å². The maximum atomic E-state index is 12.3. The van der Waals surface area contributed by atoms with Crippen molar-refractivity contribution in [2.75, 3.05) is 19.4 Å². The molecule has 8 heteroatoms. The van der Waals surface area contributed by atoms with Crippen LogP contribution in [0.2, 0.25) is 0 Å². The third-order valence-electron chi connectivity index (χ3n) is 4.67. The lowest BCUT2D eigenvalue weighted by Crippen LogP contribution is -2.27. The van der Waals surface area contributed by atoms with Crippen molar-refractivity contribution < 1.29 is 9.53 Å². The molecule has 0 spiro atoms. The zero-order valence-corrected chi connectivity index (χ0v) is 18.9. The van der Waals surface area contributed by atoms with Gasteiger partial charge in [-0.15, -0.1) is 21.5 Å². The normalized spacial score (nSPS) is 10.9. The Morgan fingerprint density at radius 1 is 1.10 bits per heavy atom. The van der Waals surface area contributed by atoms with Crippen molar-refractivity contribution in [1.82, 2.24) is 20.5 Å². The highest BCUT2D eigenvalue weighted by molar-refractivity contribution is 8.00. The van der Waals surface area contributed by atoms with Crippen LogP contribution in [-0.2, 0) is 11.2 Å². The van der Waals surface area contributed by atoms with E-state index in [1.165, 1.54) is 17.3 Å². The van der Waals surface area contributed by atoms with Crippen LogP contribution in [0.3, 0.4) is 0 Å². The number of methoxy groups -OCH3 is 1. The number of nitrogens with one attached hydrogen (secondary N) is 1. The van der Waals surface area contributed by atoms with E-state index in [1.807, 2.05) is 49.4 Å². The van der Waals surface area contributed by atoms with E-state index in [4.69, 9.17) is 4.74 Å². The van der Waals surface area contributed by atoms with E-state index < -0.39 is 0 Å². The Morgan fingerprint density at radius 2 is 1.87 bits per heavy atom. The predicted molar refractivity (Wildman–Crippen MR) is 126 cm³/mol. The van der Waals surface area contributed by atoms with Crippen molar-refractivity contribution in [3.05, 3.63) is 65.2 Å². The summed E-state index contributed by atoms with van der Waals surface area (Å²) in [5.74, 6) is 1.04. The monoisotopic (exact) mass is 450 g/mol. The standard InChI is InChI=1S/C23H22N4O2S2/c1-15-25-21-22(31-15)20(17-8-10-18(29-2)11-9-17)26-27-23(21)30-14-19(28)24-13-12-16-6-4-3-5-7-16/h3-11H,12-14H2,1-2H3,(H,24,28). The highest BCUT2D eigenvalue weighted by atomic mass is 32.2. The highest BCUT2D eigenvalue weighted by Crippen LogP contribution is 2.35. The number of carbonyl (C=O) groups is 1. The van der Waals surface area contributed by atoms with Crippen LogP contribution in [0.25, 0.3) is 21.5 Å². The Morgan fingerprint density at radius 3 is 2.61 bits per heavy atom. The van der Waals surface area contributed by atoms with Gasteiger partial charge in [0.05, 0.1) is 22.6 Å². The van der Waals surface area contributed by atoms with Gasteiger partial charge in [-0.25, -0.2) is 4.98 Å². The van der Waals surface area contributed by atoms with Crippen LogP contribution < -0.4 is 10.1 Å². The van der Waals surface area contributed by atoms with Gasteiger partial charge in [0.1, 0.15) is 22.0 Å². The average Bonchev–Trinajstić information content (AvgIpc) is 3.20. The maximum absolute atomic E-state index is 12.3. The van der Waals surface area contributed by atoms with Crippen molar-refractivity contribution in [1.29, 1.82) is 0 Å². The van der Waals surface area contributed by atoms with Gasteiger partial charge < -0.3 is 10.1 Å².